The summed E-state index contributed by atoms with van der Waals surface area (Å²) in [6.07, 6.45) is 5.45. The van der Waals surface area contributed by atoms with Crippen LogP contribution in [0, 0.1) is 5.41 Å². The molecule has 3 rings (SSSR count). The molecule has 2 aliphatic carbocycles. The zero-order valence-electron chi connectivity index (χ0n) is 12.7. The Morgan fingerprint density at radius 3 is 2.62 bits per heavy atom. The molecular weight excluding hydrogens is 266 g/mol. The van der Waals surface area contributed by atoms with Gasteiger partial charge in [0, 0.05) is 23.8 Å². The van der Waals surface area contributed by atoms with Crippen LogP contribution in [0.25, 0.3) is 0 Å². The van der Waals surface area contributed by atoms with Gasteiger partial charge in [0.15, 0.2) is 0 Å². The topological polar surface area (TPSA) is 50.7 Å². The van der Waals surface area contributed by atoms with Gasteiger partial charge in [-0.3, -0.25) is 0 Å². The Kier molecular flexibility index (Phi) is 4.36. The minimum Gasteiger partial charge on any atom is -0.491 e. The molecule has 4 nitrogen and oxygen atoms in total. The van der Waals surface area contributed by atoms with E-state index in [1.165, 1.54) is 19.3 Å². The number of aliphatic hydroxyl groups excluding tert-OH is 1. The highest BCUT2D eigenvalue weighted by molar-refractivity contribution is 5.48. The first-order valence-electron chi connectivity index (χ1n) is 8.00. The van der Waals surface area contributed by atoms with E-state index in [0.29, 0.717) is 24.2 Å². The summed E-state index contributed by atoms with van der Waals surface area (Å²) in [6, 6.07) is 8.53. The maximum absolute atomic E-state index is 8.75. The van der Waals surface area contributed by atoms with Gasteiger partial charge in [0.1, 0.15) is 12.4 Å². The van der Waals surface area contributed by atoms with E-state index in [0.717, 1.165) is 24.5 Å². The van der Waals surface area contributed by atoms with Gasteiger partial charge in [0.2, 0.25) is 0 Å². The second-order valence-electron chi connectivity index (χ2n) is 6.06. The standard InChI is InChI=1S/C17H25NO3/c1-2-20-16-12-15(17(16)8-3-9-17)18-13-4-6-14(7-5-13)21-11-10-19/h4-7,15-16,18-19H,2-3,8-12H2,1H3. The molecule has 1 aromatic rings. The van der Waals surface area contributed by atoms with Gasteiger partial charge in [-0.25, -0.2) is 0 Å². The van der Waals surface area contributed by atoms with Gasteiger partial charge in [-0.15, -0.1) is 0 Å². The first-order chi connectivity index (χ1) is 10.3. The zero-order chi connectivity index (χ0) is 14.7. The molecule has 21 heavy (non-hydrogen) atoms. The first-order valence-corrected chi connectivity index (χ1v) is 8.00. The number of nitrogens with one attached hydrogen (secondary N) is 1. The summed E-state index contributed by atoms with van der Waals surface area (Å²) in [7, 11) is 0. The predicted molar refractivity (Wildman–Crippen MR) is 82.7 cm³/mol. The van der Waals surface area contributed by atoms with E-state index in [-0.39, 0.29) is 6.61 Å². The van der Waals surface area contributed by atoms with Crippen molar-refractivity contribution < 1.29 is 14.6 Å². The Balaban J connectivity index is 1.57. The zero-order valence-corrected chi connectivity index (χ0v) is 12.7. The lowest BCUT2D eigenvalue weighted by atomic mass is 9.51. The number of hydrogen-bond acceptors (Lipinski definition) is 4. The van der Waals surface area contributed by atoms with Crippen LogP contribution in [0.15, 0.2) is 24.3 Å². The first kappa shape index (κ1) is 14.7. The minimum absolute atomic E-state index is 0.0451. The van der Waals surface area contributed by atoms with Gasteiger partial charge in [-0.2, -0.15) is 0 Å². The number of ether oxygens (including phenoxy) is 2. The number of benzene rings is 1. The number of hydrogen-bond donors (Lipinski definition) is 2. The molecule has 2 aliphatic rings. The highest BCUT2D eigenvalue weighted by Gasteiger charge is 2.58. The summed E-state index contributed by atoms with van der Waals surface area (Å²) in [4.78, 5) is 0. The molecule has 0 saturated heterocycles. The lowest BCUT2D eigenvalue weighted by Gasteiger charge is -2.61. The van der Waals surface area contributed by atoms with Gasteiger partial charge in [0.05, 0.1) is 12.7 Å². The molecule has 0 bridgehead atoms. The van der Waals surface area contributed by atoms with Gasteiger partial charge in [-0.05, 0) is 50.5 Å². The van der Waals surface area contributed by atoms with Crippen molar-refractivity contribution in [3.8, 4) is 5.75 Å². The number of anilines is 1. The molecule has 0 aliphatic heterocycles. The van der Waals surface area contributed by atoms with Crippen LogP contribution in [-0.4, -0.2) is 37.1 Å². The van der Waals surface area contributed by atoms with Crippen molar-refractivity contribution in [2.75, 3.05) is 25.1 Å². The van der Waals surface area contributed by atoms with E-state index >= 15 is 0 Å². The molecule has 2 N–H and O–H groups in total. The SMILES string of the molecule is CCOC1CC(Nc2ccc(OCCO)cc2)C12CCC2. The van der Waals surface area contributed by atoms with Gasteiger partial charge in [-0.1, -0.05) is 6.42 Å². The molecule has 2 atom stereocenters. The van der Waals surface area contributed by atoms with Crippen molar-refractivity contribution in [2.24, 2.45) is 5.41 Å². The van der Waals surface area contributed by atoms with Crippen LogP contribution < -0.4 is 10.1 Å². The van der Waals surface area contributed by atoms with Crippen molar-refractivity contribution in [2.45, 2.75) is 44.8 Å². The maximum atomic E-state index is 8.75. The highest BCUT2D eigenvalue weighted by Crippen LogP contribution is 2.58. The van der Waals surface area contributed by atoms with E-state index < -0.39 is 0 Å². The molecule has 0 aromatic heterocycles. The van der Waals surface area contributed by atoms with E-state index in [2.05, 4.69) is 12.2 Å². The minimum atomic E-state index is 0.0451. The van der Waals surface area contributed by atoms with Gasteiger partial charge >= 0.3 is 0 Å². The summed E-state index contributed by atoms with van der Waals surface area (Å²) in [5.74, 6) is 0.800. The fourth-order valence-corrected chi connectivity index (χ4v) is 3.65. The molecule has 2 saturated carbocycles. The van der Waals surface area contributed by atoms with E-state index in [1.807, 2.05) is 24.3 Å². The summed E-state index contributed by atoms with van der Waals surface area (Å²) in [5.41, 5.74) is 1.51. The van der Waals surface area contributed by atoms with Crippen molar-refractivity contribution in [1.82, 2.24) is 0 Å². The summed E-state index contributed by atoms with van der Waals surface area (Å²) in [5, 5.41) is 12.4. The summed E-state index contributed by atoms with van der Waals surface area (Å²) < 4.78 is 11.3. The molecule has 1 spiro atoms. The molecule has 2 fully saturated rings. The van der Waals surface area contributed by atoms with Crippen molar-refractivity contribution in [3.63, 3.8) is 0 Å². The predicted octanol–water partition coefficient (Wildman–Crippen LogP) is 2.82. The van der Waals surface area contributed by atoms with Gasteiger partial charge < -0.3 is 19.9 Å². The second-order valence-corrected chi connectivity index (χ2v) is 6.06. The lowest BCUT2D eigenvalue weighted by Crippen LogP contribution is -2.64. The second kappa shape index (κ2) is 6.24. The Bertz CT molecular complexity index is 456. The Morgan fingerprint density at radius 1 is 1.29 bits per heavy atom. The van der Waals surface area contributed by atoms with Crippen LogP contribution in [0.5, 0.6) is 5.75 Å². The normalized spacial score (nSPS) is 26.0. The lowest BCUT2D eigenvalue weighted by molar-refractivity contribution is -0.157. The largest absolute Gasteiger partial charge is 0.491 e. The Morgan fingerprint density at radius 2 is 2.05 bits per heavy atom. The Hall–Kier alpha value is -1.26. The molecule has 0 heterocycles. The number of aliphatic hydroxyl groups is 1. The van der Waals surface area contributed by atoms with Gasteiger partial charge in [0.25, 0.3) is 0 Å². The quantitative estimate of drug-likeness (QED) is 0.811. The third-order valence-corrected chi connectivity index (χ3v) is 4.99. The van der Waals surface area contributed by atoms with Crippen LogP contribution in [0.2, 0.25) is 0 Å². The summed E-state index contributed by atoms with van der Waals surface area (Å²) in [6.45, 7) is 3.28. The molecule has 116 valence electrons. The summed E-state index contributed by atoms with van der Waals surface area (Å²) >= 11 is 0. The number of rotatable bonds is 7. The third-order valence-electron chi connectivity index (χ3n) is 4.99. The fourth-order valence-electron chi connectivity index (χ4n) is 3.65. The van der Waals surface area contributed by atoms with Crippen molar-refractivity contribution in [3.05, 3.63) is 24.3 Å². The van der Waals surface area contributed by atoms with Crippen LogP contribution >= 0.6 is 0 Å². The molecular formula is C17H25NO3. The molecule has 0 amide bonds. The van der Waals surface area contributed by atoms with E-state index in [9.17, 15) is 0 Å². The molecule has 4 heteroatoms. The van der Waals surface area contributed by atoms with Crippen LogP contribution in [0.3, 0.4) is 0 Å². The van der Waals surface area contributed by atoms with Crippen molar-refractivity contribution >= 4 is 5.69 Å². The smallest absolute Gasteiger partial charge is 0.119 e. The fraction of sp³-hybridized carbons (Fsp3) is 0.647. The Labute approximate surface area is 126 Å². The highest BCUT2D eigenvalue weighted by atomic mass is 16.5. The molecule has 0 radical (unpaired) electrons. The molecule has 1 aromatic carbocycles. The van der Waals surface area contributed by atoms with Crippen LogP contribution in [0.1, 0.15) is 32.6 Å². The van der Waals surface area contributed by atoms with Crippen LogP contribution in [0.4, 0.5) is 5.69 Å². The average Bonchev–Trinajstić information content (AvgIpc) is 2.43. The average molecular weight is 291 g/mol. The van der Waals surface area contributed by atoms with Crippen molar-refractivity contribution in [1.29, 1.82) is 0 Å². The monoisotopic (exact) mass is 291 g/mol. The van der Waals surface area contributed by atoms with Crippen LogP contribution in [-0.2, 0) is 4.74 Å². The van der Waals surface area contributed by atoms with E-state index in [1.54, 1.807) is 0 Å². The van der Waals surface area contributed by atoms with E-state index in [4.69, 9.17) is 14.6 Å². The third kappa shape index (κ3) is 2.74. The molecule has 2 unspecified atom stereocenters. The maximum Gasteiger partial charge on any atom is 0.119 e.